The van der Waals surface area contributed by atoms with E-state index in [0.29, 0.717) is 0 Å². The fraction of sp³-hybridized carbons (Fsp3) is 0. The Hall–Kier alpha value is -1.68. The predicted molar refractivity (Wildman–Crippen MR) is 53.5 cm³/mol. The molecule has 0 N–H and O–H groups in total. The highest BCUT2D eigenvalue weighted by atomic mass is 35.5. The van der Waals surface area contributed by atoms with Crippen LogP contribution < -0.4 is 0 Å². The molecule has 0 unspecified atom stereocenters. The highest BCUT2D eigenvalue weighted by molar-refractivity contribution is 6.30. The van der Waals surface area contributed by atoms with Crippen LogP contribution in [0.1, 0.15) is 16.1 Å². The average molecular weight is 243 g/mol. The lowest BCUT2D eigenvalue weighted by molar-refractivity contribution is 0.100. The van der Waals surface area contributed by atoms with Gasteiger partial charge in [0.05, 0.1) is 16.8 Å². The number of hydrogen-bond acceptors (Lipinski definition) is 2. The summed E-state index contributed by atoms with van der Waals surface area (Å²) in [4.78, 5) is 11.6. The third-order valence-electron chi connectivity index (χ3n) is 2.00. The second kappa shape index (κ2) is 4.06. The van der Waals surface area contributed by atoms with E-state index in [-0.39, 0.29) is 10.8 Å². The van der Waals surface area contributed by atoms with Gasteiger partial charge >= 0.3 is 0 Å². The van der Waals surface area contributed by atoms with E-state index < -0.39 is 23.0 Å². The molecule has 16 heavy (non-hydrogen) atoms. The summed E-state index contributed by atoms with van der Waals surface area (Å²) in [5, 5.41) is -0.367. The van der Waals surface area contributed by atoms with Crippen molar-refractivity contribution >= 4 is 17.4 Å². The first-order valence-corrected chi connectivity index (χ1v) is 4.70. The molecule has 0 aliphatic heterocycles. The lowest BCUT2D eigenvalue weighted by Gasteiger charge is -2.01. The predicted octanol–water partition coefficient (Wildman–Crippen LogP) is 3.44. The minimum absolute atomic E-state index is 0.0550. The van der Waals surface area contributed by atoms with E-state index in [0.717, 1.165) is 12.1 Å². The van der Waals surface area contributed by atoms with Gasteiger partial charge in [0, 0.05) is 0 Å². The zero-order valence-corrected chi connectivity index (χ0v) is 8.59. The maximum atomic E-state index is 13.4. The van der Waals surface area contributed by atoms with Crippen molar-refractivity contribution in [3.63, 3.8) is 0 Å². The molecule has 0 aliphatic rings. The zero-order chi connectivity index (χ0) is 11.7. The Bertz CT molecular complexity index is 535. The summed E-state index contributed by atoms with van der Waals surface area (Å²) < 4.78 is 31.2. The Labute approximate surface area is 94.4 Å². The molecule has 2 rings (SSSR count). The molecule has 0 saturated heterocycles. The first kappa shape index (κ1) is 10.8. The normalized spacial score (nSPS) is 10.4. The van der Waals surface area contributed by atoms with Gasteiger partial charge in [-0.25, -0.2) is 8.78 Å². The number of rotatable bonds is 2. The molecule has 1 aromatic carbocycles. The van der Waals surface area contributed by atoms with Gasteiger partial charge in [-0.15, -0.1) is 0 Å². The first-order valence-electron chi connectivity index (χ1n) is 4.32. The van der Waals surface area contributed by atoms with Crippen LogP contribution in [0.5, 0.6) is 0 Å². The molecule has 0 bridgehead atoms. The van der Waals surface area contributed by atoms with E-state index in [1.165, 1.54) is 18.4 Å². The maximum Gasteiger partial charge on any atom is 0.231 e. The van der Waals surface area contributed by atoms with Gasteiger partial charge in [-0.3, -0.25) is 4.79 Å². The van der Waals surface area contributed by atoms with Crippen LogP contribution in [0.3, 0.4) is 0 Å². The van der Waals surface area contributed by atoms with E-state index in [2.05, 4.69) is 0 Å². The van der Waals surface area contributed by atoms with Crippen LogP contribution in [0, 0.1) is 11.6 Å². The number of ketones is 1. The van der Waals surface area contributed by atoms with Gasteiger partial charge in [-0.05, 0) is 24.3 Å². The highest BCUT2D eigenvalue weighted by Crippen LogP contribution is 2.21. The minimum atomic E-state index is -0.882. The van der Waals surface area contributed by atoms with Crippen molar-refractivity contribution in [2.45, 2.75) is 0 Å². The summed E-state index contributed by atoms with van der Waals surface area (Å²) in [6.07, 6.45) is 1.28. The Kier molecular flexibility index (Phi) is 2.75. The van der Waals surface area contributed by atoms with Crippen molar-refractivity contribution in [1.29, 1.82) is 0 Å². The van der Waals surface area contributed by atoms with Gasteiger partial charge in [-0.1, -0.05) is 11.6 Å². The Balaban J connectivity index is 2.49. The third-order valence-corrected chi connectivity index (χ3v) is 2.29. The van der Waals surface area contributed by atoms with Crippen molar-refractivity contribution in [2.24, 2.45) is 0 Å². The van der Waals surface area contributed by atoms with Gasteiger partial charge in [0.2, 0.25) is 5.78 Å². The molecule has 0 amide bonds. The molecule has 5 heteroatoms. The number of halogens is 3. The summed E-state index contributed by atoms with van der Waals surface area (Å²) in [5.41, 5.74) is -0.406. The average Bonchev–Trinajstić information content (AvgIpc) is 2.75. The number of furan rings is 1. The summed E-state index contributed by atoms with van der Waals surface area (Å²) >= 11 is 5.37. The highest BCUT2D eigenvalue weighted by Gasteiger charge is 2.18. The van der Waals surface area contributed by atoms with Crippen molar-refractivity contribution in [2.75, 3.05) is 0 Å². The van der Waals surface area contributed by atoms with Crippen LogP contribution in [0.2, 0.25) is 5.02 Å². The molecule has 2 nitrogen and oxygen atoms in total. The van der Waals surface area contributed by atoms with Gasteiger partial charge < -0.3 is 4.42 Å². The van der Waals surface area contributed by atoms with Crippen LogP contribution in [0.25, 0.3) is 0 Å². The summed E-state index contributed by atoms with van der Waals surface area (Å²) in [5.74, 6) is -2.51. The van der Waals surface area contributed by atoms with E-state index >= 15 is 0 Å². The number of carbonyl (C=O) groups is 1. The monoisotopic (exact) mass is 242 g/mol. The largest absolute Gasteiger partial charge is 0.461 e. The molecular formula is C11H5ClF2O2. The molecule has 0 fully saturated rings. The minimum Gasteiger partial charge on any atom is -0.461 e. The number of carbonyl (C=O) groups excluding carboxylic acids is 1. The zero-order valence-electron chi connectivity index (χ0n) is 7.84. The van der Waals surface area contributed by atoms with Crippen molar-refractivity contribution in [3.8, 4) is 0 Å². The molecule has 0 radical (unpaired) electrons. The molecular weight excluding hydrogens is 238 g/mol. The van der Waals surface area contributed by atoms with Crippen molar-refractivity contribution < 1.29 is 18.0 Å². The Morgan fingerprint density at radius 2 is 2.00 bits per heavy atom. The second-order valence-electron chi connectivity index (χ2n) is 3.05. The third kappa shape index (κ3) is 1.84. The molecule has 0 spiro atoms. The maximum absolute atomic E-state index is 13.4. The Morgan fingerprint density at radius 3 is 2.62 bits per heavy atom. The van der Waals surface area contributed by atoms with Gasteiger partial charge in [0.1, 0.15) is 11.6 Å². The number of hydrogen-bond donors (Lipinski definition) is 0. The lowest BCUT2D eigenvalue weighted by atomic mass is 10.1. The molecule has 0 atom stereocenters. The fourth-order valence-electron chi connectivity index (χ4n) is 1.24. The second-order valence-corrected chi connectivity index (χ2v) is 3.46. The first-order chi connectivity index (χ1) is 7.59. The van der Waals surface area contributed by atoms with E-state index in [1.807, 2.05) is 0 Å². The van der Waals surface area contributed by atoms with Crippen molar-refractivity contribution in [3.05, 3.63) is 58.5 Å². The van der Waals surface area contributed by atoms with E-state index in [1.54, 1.807) is 0 Å². The molecule has 0 aliphatic carbocycles. The lowest BCUT2D eigenvalue weighted by Crippen LogP contribution is -2.04. The quantitative estimate of drug-likeness (QED) is 0.596. The summed E-state index contributed by atoms with van der Waals surface area (Å²) in [6, 6.07) is 4.36. The topological polar surface area (TPSA) is 30.2 Å². The van der Waals surface area contributed by atoms with Gasteiger partial charge in [-0.2, -0.15) is 0 Å². The Morgan fingerprint density at radius 1 is 1.25 bits per heavy atom. The fourth-order valence-corrected chi connectivity index (χ4v) is 1.39. The molecule has 2 aromatic rings. The van der Waals surface area contributed by atoms with E-state index in [9.17, 15) is 13.6 Å². The van der Waals surface area contributed by atoms with Crippen LogP contribution in [-0.4, -0.2) is 5.78 Å². The van der Waals surface area contributed by atoms with Gasteiger partial charge in [0.15, 0.2) is 5.76 Å². The SMILES string of the molecule is O=C(c1ccco1)c1cc(F)c(Cl)cc1F. The van der Waals surface area contributed by atoms with Crippen LogP contribution in [0.4, 0.5) is 8.78 Å². The van der Waals surface area contributed by atoms with E-state index in [4.69, 9.17) is 16.0 Å². The molecule has 1 heterocycles. The van der Waals surface area contributed by atoms with Crippen LogP contribution in [0.15, 0.2) is 34.9 Å². The summed E-state index contributed by atoms with van der Waals surface area (Å²) in [6.45, 7) is 0. The standard InChI is InChI=1S/C11H5ClF2O2/c12-7-5-8(13)6(4-9(7)14)11(15)10-2-1-3-16-10/h1-5H. The van der Waals surface area contributed by atoms with Crippen LogP contribution in [-0.2, 0) is 0 Å². The van der Waals surface area contributed by atoms with Crippen LogP contribution >= 0.6 is 11.6 Å². The molecule has 1 aromatic heterocycles. The van der Waals surface area contributed by atoms with Crippen molar-refractivity contribution in [1.82, 2.24) is 0 Å². The summed E-state index contributed by atoms with van der Waals surface area (Å²) in [7, 11) is 0. The number of benzene rings is 1. The smallest absolute Gasteiger partial charge is 0.231 e. The molecule has 82 valence electrons. The molecule has 0 saturated carbocycles. The van der Waals surface area contributed by atoms with Gasteiger partial charge in [0.25, 0.3) is 0 Å².